The van der Waals surface area contributed by atoms with Gasteiger partial charge in [-0.2, -0.15) is 0 Å². The van der Waals surface area contributed by atoms with E-state index >= 15 is 0 Å². The smallest absolute Gasteiger partial charge is 0.318 e. The number of rotatable bonds is 5. The molecule has 0 spiro atoms. The summed E-state index contributed by atoms with van der Waals surface area (Å²) in [6, 6.07) is -1.12. The summed E-state index contributed by atoms with van der Waals surface area (Å²) < 4.78 is 0. The zero-order chi connectivity index (χ0) is 14.7. The lowest BCUT2D eigenvalue weighted by atomic mass is 10.1. The van der Waals surface area contributed by atoms with E-state index in [0.29, 0.717) is 19.5 Å². The second kappa shape index (κ2) is 6.11. The highest BCUT2D eigenvalue weighted by molar-refractivity contribution is 5.88. The summed E-state index contributed by atoms with van der Waals surface area (Å²) in [6.07, 6.45) is 2.39. The highest BCUT2D eigenvalue weighted by atomic mass is 16.4. The number of carbonyl (C=O) groups is 3. The third kappa shape index (κ3) is 3.40. The Bertz CT molecular complexity index is 408. The zero-order valence-corrected chi connectivity index (χ0v) is 11.6. The van der Waals surface area contributed by atoms with Gasteiger partial charge in [-0.25, -0.2) is 4.79 Å². The number of nitrogens with zero attached hydrogens (tertiary/aromatic N) is 1. The van der Waals surface area contributed by atoms with Crippen molar-refractivity contribution in [1.82, 2.24) is 15.5 Å². The van der Waals surface area contributed by atoms with Crippen LogP contribution in [0, 0.1) is 5.92 Å². The second-order valence-corrected chi connectivity index (χ2v) is 5.40. The van der Waals surface area contributed by atoms with Crippen LogP contribution in [0.5, 0.6) is 0 Å². The summed E-state index contributed by atoms with van der Waals surface area (Å²) in [4.78, 5) is 36.4. The van der Waals surface area contributed by atoms with E-state index in [1.54, 1.807) is 0 Å². The van der Waals surface area contributed by atoms with Gasteiger partial charge in [0.15, 0.2) is 0 Å². The van der Waals surface area contributed by atoms with Crippen molar-refractivity contribution in [2.45, 2.75) is 44.7 Å². The van der Waals surface area contributed by atoms with E-state index in [-0.39, 0.29) is 30.3 Å². The molecule has 0 aromatic rings. The molecule has 2 aliphatic rings. The van der Waals surface area contributed by atoms with Crippen LogP contribution in [0.2, 0.25) is 0 Å². The van der Waals surface area contributed by atoms with Crippen molar-refractivity contribution in [2.75, 3.05) is 13.1 Å². The Kier molecular flexibility index (Phi) is 4.46. The molecule has 1 saturated heterocycles. The number of carboxylic acids is 1. The Balaban J connectivity index is 1.98. The maximum atomic E-state index is 12.3. The summed E-state index contributed by atoms with van der Waals surface area (Å²) in [5.74, 6) is -0.797. The van der Waals surface area contributed by atoms with Crippen molar-refractivity contribution in [1.29, 1.82) is 0 Å². The van der Waals surface area contributed by atoms with Crippen LogP contribution in [0.15, 0.2) is 0 Å². The van der Waals surface area contributed by atoms with Crippen molar-refractivity contribution in [3.8, 4) is 0 Å². The molecule has 2 fully saturated rings. The molecular weight excluding hydrogens is 262 g/mol. The molecule has 2 unspecified atom stereocenters. The van der Waals surface area contributed by atoms with Gasteiger partial charge >= 0.3 is 12.0 Å². The Morgan fingerprint density at radius 2 is 2.20 bits per heavy atom. The predicted octanol–water partition coefficient (Wildman–Crippen LogP) is 0.160. The highest BCUT2D eigenvalue weighted by Gasteiger charge is 2.37. The molecule has 7 heteroatoms. The van der Waals surface area contributed by atoms with Gasteiger partial charge in [-0.05, 0) is 25.2 Å². The minimum Gasteiger partial charge on any atom is -0.481 e. The maximum Gasteiger partial charge on any atom is 0.318 e. The Morgan fingerprint density at radius 3 is 2.75 bits per heavy atom. The second-order valence-electron chi connectivity index (χ2n) is 5.40. The molecule has 3 N–H and O–H groups in total. The van der Waals surface area contributed by atoms with E-state index in [2.05, 4.69) is 10.6 Å². The van der Waals surface area contributed by atoms with E-state index in [9.17, 15) is 14.4 Å². The van der Waals surface area contributed by atoms with Crippen LogP contribution in [0.3, 0.4) is 0 Å². The minimum atomic E-state index is -0.911. The van der Waals surface area contributed by atoms with Gasteiger partial charge in [0.05, 0.1) is 6.42 Å². The van der Waals surface area contributed by atoms with E-state index in [1.807, 2.05) is 6.92 Å². The molecule has 1 heterocycles. The molecule has 0 radical (unpaired) electrons. The van der Waals surface area contributed by atoms with Gasteiger partial charge in [0.1, 0.15) is 6.04 Å². The topological polar surface area (TPSA) is 98.7 Å². The minimum absolute atomic E-state index is 0.0623. The van der Waals surface area contributed by atoms with Crippen LogP contribution >= 0.6 is 0 Å². The number of aliphatic carboxylic acids is 1. The van der Waals surface area contributed by atoms with Crippen LogP contribution in [0.4, 0.5) is 4.79 Å². The van der Waals surface area contributed by atoms with E-state index in [0.717, 1.165) is 12.8 Å². The number of amides is 3. The molecule has 1 saturated carbocycles. The molecule has 2 rings (SSSR count). The SMILES string of the molecule is CCC1C(=O)NCCN1C(=O)NC(CC(=O)O)C1CC1. The van der Waals surface area contributed by atoms with E-state index < -0.39 is 12.0 Å². The molecule has 0 bridgehead atoms. The maximum absolute atomic E-state index is 12.3. The summed E-state index contributed by atoms with van der Waals surface area (Å²) in [6.45, 7) is 2.75. The number of hydrogen-bond acceptors (Lipinski definition) is 3. The van der Waals surface area contributed by atoms with Crippen molar-refractivity contribution in [3.05, 3.63) is 0 Å². The van der Waals surface area contributed by atoms with Crippen LogP contribution in [0.25, 0.3) is 0 Å². The van der Waals surface area contributed by atoms with Crippen LogP contribution in [-0.4, -0.2) is 53.1 Å². The first kappa shape index (κ1) is 14.6. The average molecular weight is 283 g/mol. The fraction of sp³-hybridized carbons (Fsp3) is 0.769. The lowest BCUT2D eigenvalue weighted by Gasteiger charge is -2.35. The lowest BCUT2D eigenvalue weighted by Crippen LogP contribution is -2.60. The molecule has 0 aromatic carbocycles. The summed E-state index contributed by atoms with van der Waals surface area (Å²) in [5, 5.41) is 14.4. The van der Waals surface area contributed by atoms with Crippen molar-refractivity contribution < 1.29 is 19.5 Å². The average Bonchev–Trinajstić information content (AvgIpc) is 3.21. The Hall–Kier alpha value is -1.79. The fourth-order valence-corrected chi connectivity index (χ4v) is 2.63. The number of carboxylic acid groups (broad SMARTS) is 1. The summed E-state index contributed by atoms with van der Waals surface area (Å²) >= 11 is 0. The number of carbonyl (C=O) groups excluding carboxylic acids is 2. The largest absolute Gasteiger partial charge is 0.481 e. The molecule has 1 aliphatic carbocycles. The molecule has 20 heavy (non-hydrogen) atoms. The number of nitrogens with one attached hydrogen (secondary N) is 2. The zero-order valence-electron chi connectivity index (χ0n) is 11.6. The fourth-order valence-electron chi connectivity index (χ4n) is 2.63. The third-order valence-electron chi connectivity index (χ3n) is 3.87. The molecule has 7 nitrogen and oxygen atoms in total. The van der Waals surface area contributed by atoms with E-state index in [1.165, 1.54) is 4.90 Å². The predicted molar refractivity (Wildman–Crippen MR) is 71.1 cm³/mol. The molecule has 0 aromatic heterocycles. The normalized spacial score (nSPS) is 23.9. The van der Waals surface area contributed by atoms with Crippen molar-refractivity contribution >= 4 is 17.9 Å². The first-order valence-corrected chi connectivity index (χ1v) is 7.09. The van der Waals surface area contributed by atoms with Crippen molar-refractivity contribution in [3.63, 3.8) is 0 Å². The molecular formula is C13H21N3O4. The van der Waals surface area contributed by atoms with Crippen molar-refractivity contribution in [2.24, 2.45) is 5.92 Å². The van der Waals surface area contributed by atoms with Gasteiger partial charge in [-0.1, -0.05) is 6.92 Å². The Labute approximate surface area is 117 Å². The van der Waals surface area contributed by atoms with Crippen LogP contribution < -0.4 is 10.6 Å². The number of hydrogen-bond donors (Lipinski definition) is 3. The van der Waals surface area contributed by atoms with Crippen LogP contribution in [0.1, 0.15) is 32.6 Å². The number of piperazine rings is 1. The summed E-state index contributed by atoms with van der Waals surface area (Å²) in [7, 11) is 0. The molecule has 112 valence electrons. The highest BCUT2D eigenvalue weighted by Crippen LogP contribution is 2.34. The Morgan fingerprint density at radius 1 is 1.50 bits per heavy atom. The molecule has 1 aliphatic heterocycles. The standard InChI is InChI=1S/C13H21N3O4/c1-2-10-12(19)14-5-6-16(10)13(20)15-9(7-11(17)18)8-3-4-8/h8-10H,2-7H2,1H3,(H,14,19)(H,15,20)(H,17,18). The quantitative estimate of drug-likeness (QED) is 0.669. The molecule has 2 atom stereocenters. The van der Waals surface area contributed by atoms with Gasteiger partial charge in [-0.15, -0.1) is 0 Å². The van der Waals surface area contributed by atoms with Gasteiger partial charge in [-0.3, -0.25) is 9.59 Å². The van der Waals surface area contributed by atoms with Gasteiger partial charge in [0.25, 0.3) is 0 Å². The van der Waals surface area contributed by atoms with Gasteiger partial charge in [0.2, 0.25) is 5.91 Å². The first-order chi connectivity index (χ1) is 9.52. The monoisotopic (exact) mass is 283 g/mol. The van der Waals surface area contributed by atoms with E-state index in [4.69, 9.17) is 5.11 Å². The third-order valence-corrected chi connectivity index (χ3v) is 3.87. The molecule has 3 amide bonds. The number of urea groups is 1. The van der Waals surface area contributed by atoms with Gasteiger partial charge in [0, 0.05) is 19.1 Å². The summed E-state index contributed by atoms with van der Waals surface area (Å²) in [5.41, 5.74) is 0. The van der Waals surface area contributed by atoms with Crippen LogP contribution in [-0.2, 0) is 9.59 Å². The lowest BCUT2D eigenvalue weighted by molar-refractivity contribution is -0.137. The first-order valence-electron chi connectivity index (χ1n) is 7.09. The van der Waals surface area contributed by atoms with Gasteiger partial charge < -0.3 is 20.6 Å².